The maximum absolute atomic E-state index is 13.5. The van der Waals surface area contributed by atoms with Gasteiger partial charge in [-0.05, 0) is 36.8 Å². The van der Waals surface area contributed by atoms with Crippen LogP contribution in [0.4, 0.5) is 10.1 Å². The molecule has 3 rings (SSSR count). The number of nitrogens with zero attached hydrogens (tertiary/aromatic N) is 1. The van der Waals surface area contributed by atoms with Crippen LogP contribution in [-0.4, -0.2) is 10.9 Å². The third-order valence-electron chi connectivity index (χ3n) is 3.28. The van der Waals surface area contributed by atoms with Crippen LogP contribution in [-0.2, 0) is 0 Å². The van der Waals surface area contributed by atoms with E-state index in [4.69, 9.17) is 0 Å². The summed E-state index contributed by atoms with van der Waals surface area (Å²) in [6.07, 6.45) is 1.52. The van der Waals surface area contributed by atoms with Gasteiger partial charge in [-0.2, -0.15) is 0 Å². The van der Waals surface area contributed by atoms with Gasteiger partial charge in [0.2, 0.25) is 0 Å². The highest BCUT2D eigenvalue weighted by Gasteiger charge is 2.08. The van der Waals surface area contributed by atoms with Crippen LogP contribution in [0.3, 0.4) is 0 Å². The van der Waals surface area contributed by atoms with E-state index in [0.29, 0.717) is 16.8 Å². The van der Waals surface area contributed by atoms with E-state index in [1.807, 2.05) is 24.3 Å². The Hall–Kier alpha value is -2.75. The number of nitrogens with one attached hydrogen (secondary N) is 1. The molecular weight excluding hydrogens is 267 g/mol. The quantitative estimate of drug-likeness (QED) is 0.772. The highest BCUT2D eigenvalue weighted by molar-refractivity contribution is 6.05. The fourth-order valence-corrected chi connectivity index (χ4v) is 2.07. The van der Waals surface area contributed by atoms with E-state index in [1.165, 1.54) is 12.3 Å². The number of amides is 1. The Morgan fingerprint density at radius 3 is 2.76 bits per heavy atom. The van der Waals surface area contributed by atoms with Crippen molar-refractivity contribution in [3.05, 3.63) is 71.7 Å². The monoisotopic (exact) mass is 280 g/mol. The molecule has 0 aliphatic rings. The van der Waals surface area contributed by atoms with Gasteiger partial charge in [-0.3, -0.25) is 9.78 Å². The van der Waals surface area contributed by atoms with E-state index in [0.717, 1.165) is 10.9 Å². The molecule has 21 heavy (non-hydrogen) atoms. The molecule has 3 nitrogen and oxygen atoms in total. The molecule has 0 bridgehead atoms. The van der Waals surface area contributed by atoms with Crippen molar-refractivity contribution < 1.29 is 9.18 Å². The lowest BCUT2D eigenvalue weighted by Crippen LogP contribution is -2.12. The number of anilines is 1. The lowest BCUT2D eigenvalue weighted by molar-refractivity contribution is 0.102. The predicted molar refractivity (Wildman–Crippen MR) is 80.8 cm³/mol. The van der Waals surface area contributed by atoms with E-state index in [9.17, 15) is 9.18 Å². The van der Waals surface area contributed by atoms with Crippen LogP contribution in [0.15, 0.2) is 54.7 Å². The molecule has 0 radical (unpaired) electrons. The van der Waals surface area contributed by atoms with Crippen LogP contribution in [0, 0.1) is 12.7 Å². The largest absolute Gasteiger partial charge is 0.322 e. The van der Waals surface area contributed by atoms with Crippen molar-refractivity contribution in [3.8, 4) is 0 Å². The van der Waals surface area contributed by atoms with Crippen molar-refractivity contribution in [1.82, 2.24) is 4.98 Å². The molecule has 0 fully saturated rings. The number of halogens is 1. The van der Waals surface area contributed by atoms with Crippen LogP contribution in [0.25, 0.3) is 10.9 Å². The third kappa shape index (κ3) is 2.74. The molecular formula is C17H13FN2O. The molecule has 0 aliphatic carbocycles. The van der Waals surface area contributed by atoms with Gasteiger partial charge in [-0.1, -0.05) is 24.3 Å². The number of benzene rings is 2. The lowest BCUT2D eigenvalue weighted by Gasteiger charge is -2.07. The van der Waals surface area contributed by atoms with Crippen LogP contribution < -0.4 is 5.32 Å². The van der Waals surface area contributed by atoms with Crippen molar-refractivity contribution in [2.24, 2.45) is 0 Å². The maximum atomic E-state index is 13.5. The van der Waals surface area contributed by atoms with Crippen molar-refractivity contribution in [2.75, 3.05) is 5.32 Å². The predicted octanol–water partition coefficient (Wildman–Crippen LogP) is 3.93. The highest BCUT2D eigenvalue weighted by atomic mass is 19.1. The lowest BCUT2D eigenvalue weighted by atomic mass is 10.1. The van der Waals surface area contributed by atoms with Gasteiger partial charge in [0.25, 0.3) is 5.91 Å². The number of pyridine rings is 1. The van der Waals surface area contributed by atoms with Crippen molar-refractivity contribution in [2.45, 2.75) is 6.92 Å². The first-order valence-corrected chi connectivity index (χ1v) is 6.56. The SMILES string of the molecule is Cc1ccc(NC(=O)c2cnc3ccccc3c2)cc1F. The highest BCUT2D eigenvalue weighted by Crippen LogP contribution is 2.16. The number of aromatic nitrogens is 1. The first-order valence-electron chi connectivity index (χ1n) is 6.56. The fourth-order valence-electron chi connectivity index (χ4n) is 2.07. The molecule has 1 amide bonds. The average Bonchev–Trinajstić information content (AvgIpc) is 2.50. The molecule has 4 heteroatoms. The number of hydrogen-bond donors (Lipinski definition) is 1. The molecule has 0 saturated carbocycles. The van der Waals surface area contributed by atoms with E-state index in [2.05, 4.69) is 10.3 Å². The van der Waals surface area contributed by atoms with Crippen molar-refractivity contribution in [1.29, 1.82) is 0 Å². The van der Waals surface area contributed by atoms with Gasteiger partial charge in [0.05, 0.1) is 11.1 Å². The minimum absolute atomic E-state index is 0.309. The summed E-state index contributed by atoms with van der Waals surface area (Å²) >= 11 is 0. The van der Waals surface area contributed by atoms with E-state index >= 15 is 0 Å². The van der Waals surface area contributed by atoms with Gasteiger partial charge in [0.1, 0.15) is 5.82 Å². The van der Waals surface area contributed by atoms with Gasteiger partial charge in [-0.15, -0.1) is 0 Å². The van der Waals surface area contributed by atoms with Crippen LogP contribution in [0.1, 0.15) is 15.9 Å². The summed E-state index contributed by atoms with van der Waals surface area (Å²) in [6.45, 7) is 1.67. The standard InChI is InChI=1S/C17H13FN2O/c1-11-6-7-14(9-15(11)18)20-17(21)13-8-12-4-2-3-5-16(12)19-10-13/h2-10H,1H3,(H,20,21). The van der Waals surface area contributed by atoms with E-state index in [1.54, 1.807) is 25.1 Å². The van der Waals surface area contributed by atoms with Crippen LogP contribution in [0.5, 0.6) is 0 Å². The molecule has 104 valence electrons. The summed E-state index contributed by atoms with van der Waals surface area (Å²) < 4.78 is 13.5. The number of carbonyl (C=O) groups excluding carboxylic acids is 1. The van der Waals surface area contributed by atoms with Gasteiger partial charge in [-0.25, -0.2) is 4.39 Å². The smallest absolute Gasteiger partial charge is 0.257 e. The summed E-state index contributed by atoms with van der Waals surface area (Å²) in [6, 6.07) is 13.9. The number of para-hydroxylation sites is 1. The summed E-state index contributed by atoms with van der Waals surface area (Å²) in [5.74, 6) is -0.652. The summed E-state index contributed by atoms with van der Waals surface area (Å²) in [5, 5.41) is 3.56. The number of rotatable bonds is 2. The van der Waals surface area contributed by atoms with Crippen LogP contribution in [0.2, 0.25) is 0 Å². The van der Waals surface area contributed by atoms with E-state index in [-0.39, 0.29) is 11.7 Å². The fraction of sp³-hybridized carbons (Fsp3) is 0.0588. The second-order valence-corrected chi connectivity index (χ2v) is 4.83. The summed E-state index contributed by atoms with van der Waals surface area (Å²) in [4.78, 5) is 16.4. The van der Waals surface area contributed by atoms with Gasteiger partial charge >= 0.3 is 0 Å². The van der Waals surface area contributed by atoms with Gasteiger partial charge in [0.15, 0.2) is 0 Å². The Morgan fingerprint density at radius 2 is 1.95 bits per heavy atom. The molecule has 0 atom stereocenters. The zero-order chi connectivity index (χ0) is 14.8. The third-order valence-corrected chi connectivity index (χ3v) is 3.28. The van der Waals surface area contributed by atoms with Crippen LogP contribution >= 0.6 is 0 Å². The number of fused-ring (bicyclic) bond motifs is 1. The molecule has 0 spiro atoms. The molecule has 0 aliphatic heterocycles. The van der Waals surface area contributed by atoms with Gasteiger partial charge < -0.3 is 5.32 Å². The minimum Gasteiger partial charge on any atom is -0.322 e. The number of hydrogen-bond acceptors (Lipinski definition) is 2. The maximum Gasteiger partial charge on any atom is 0.257 e. The summed E-state index contributed by atoms with van der Waals surface area (Å²) in [7, 11) is 0. The van der Waals surface area contributed by atoms with Crippen molar-refractivity contribution >= 4 is 22.5 Å². The molecule has 1 heterocycles. The van der Waals surface area contributed by atoms with E-state index < -0.39 is 0 Å². The van der Waals surface area contributed by atoms with Gasteiger partial charge in [0, 0.05) is 17.3 Å². The Balaban J connectivity index is 1.87. The first-order chi connectivity index (χ1) is 10.1. The number of carbonyl (C=O) groups is 1. The summed E-state index contributed by atoms with van der Waals surface area (Å²) in [5.41, 5.74) is 2.24. The molecule has 1 N–H and O–H groups in total. The first kappa shape index (κ1) is 13.2. The topological polar surface area (TPSA) is 42.0 Å². The molecule has 1 aromatic heterocycles. The molecule has 2 aromatic carbocycles. The Kier molecular flexibility index (Phi) is 3.36. The number of aryl methyl sites for hydroxylation is 1. The Labute approximate surface area is 121 Å². The average molecular weight is 280 g/mol. The Morgan fingerprint density at radius 1 is 1.14 bits per heavy atom. The zero-order valence-corrected chi connectivity index (χ0v) is 11.4. The second-order valence-electron chi connectivity index (χ2n) is 4.83. The molecule has 3 aromatic rings. The molecule has 0 unspecified atom stereocenters. The second kappa shape index (κ2) is 5.32. The normalized spacial score (nSPS) is 10.6. The molecule has 0 saturated heterocycles. The Bertz CT molecular complexity index is 830. The minimum atomic E-state index is -0.343. The zero-order valence-electron chi connectivity index (χ0n) is 11.4. The van der Waals surface area contributed by atoms with Crippen molar-refractivity contribution in [3.63, 3.8) is 0 Å².